The van der Waals surface area contributed by atoms with Gasteiger partial charge in [0.15, 0.2) is 0 Å². The third kappa shape index (κ3) is 4.12. The highest BCUT2D eigenvalue weighted by Gasteiger charge is 2.25. The smallest absolute Gasteiger partial charge is 0.434 e. The van der Waals surface area contributed by atoms with Crippen LogP contribution in [-0.2, 0) is 4.74 Å². The van der Waals surface area contributed by atoms with Crippen molar-refractivity contribution in [2.45, 2.75) is 45.3 Å². The van der Waals surface area contributed by atoms with Crippen molar-refractivity contribution in [1.82, 2.24) is 15.1 Å². The lowest BCUT2D eigenvalue weighted by atomic mass is 10.1. The molecule has 122 valence electrons. The number of alkyl carbamates (subject to hydrolysis) is 1. The van der Waals surface area contributed by atoms with Gasteiger partial charge in [0.05, 0.1) is 6.20 Å². The molecule has 1 aromatic rings. The highest BCUT2D eigenvalue weighted by molar-refractivity contribution is 5.72. The van der Waals surface area contributed by atoms with E-state index in [4.69, 9.17) is 9.84 Å². The second-order valence-electron chi connectivity index (χ2n) is 6.29. The normalized spacial score (nSPS) is 16.4. The average Bonchev–Trinajstić information content (AvgIpc) is 2.86. The Morgan fingerprint density at radius 1 is 1.36 bits per heavy atom. The average molecular weight is 310 g/mol. The monoisotopic (exact) mass is 310 g/mol. The molecule has 2 rings (SSSR count). The molecule has 8 heteroatoms. The number of hydrogen-bond donors (Lipinski definition) is 2. The number of rotatable bonds is 2. The summed E-state index contributed by atoms with van der Waals surface area (Å²) in [6.07, 6.45) is 1.40. The Morgan fingerprint density at radius 3 is 2.55 bits per heavy atom. The molecular formula is C14H22N4O4. The lowest BCUT2D eigenvalue weighted by molar-refractivity contribution is 0.0497. The van der Waals surface area contributed by atoms with Gasteiger partial charge in [-0.25, -0.2) is 9.59 Å². The van der Waals surface area contributed by atoms with E-state index in [1.54, 1.807) is 6.07 Å². The summed E-state index contributed by atoms with van der Waals surface area (Å²) in [6, 6.07) is 1.71. The van der Waals surface area contributed by atoms with Gasteiger partial charge in [0.1, 0.15) is 11.4 Å². The van der Waals surface area contributed by atoms with E-state index in [0.717, 1.165) is 17.5 Å². The standard InChI is InChI=1S/C14H22N4O4/c1-14(2,3)22-12(19)16-10-5-8-17(9-6-10)11-4-7-15-18(11)13(20)21/h4,7,10H,5-6,8-9H2,1-3H3,(H,16,19)(H,20,21). The summed E-state index contributed by atoms with van der Waals surface area (Å²) in [5.74, 6) is 0.559. The lowest BCUT2D eigenvalue weighted by Gasteiger charge is -2.33. The Kier molecular flexibility index (Phi) is 4.58. The topological polar surface area (TPSA) is 96.7 Å². The largest absolute Gasteiger partial charge is 0.463 e. The number of amides is 1. The van der Waals surface area contributed by atoms with E-state index in [2.05, 4.69) is 10.4 Å². The van der Waals surface area contributed by atoms with E-state index in [1.807, 2.05) is 25.7 Å². The minimum absolute atomic E-state index is 0.0345. The van der Waals surface area contributed by atoms with E-state index in [9.17, 15) is 9.59 Å². The molecule has 2 N–H and O–H groups in total. The molecule has 1 saturated heterocycles. The Balaban J connectivity index is 1.87. The van der Waals surface area contributed by atoms with Gasteiger partial charge in [-0.15, -0.1) is 4.68 Å². The molecule has 1 amide bonds. The summed E-state index contributed by atoms with van der Waals surface area (Å²) in [7, 11) is 0. The maximum atomic E-state index is 11.7. The summed E-state index contributed by atoms with van der Waals surface area (Å²) in [5.41, 5.74) is -0.515. The third-order valence-corrected chi connectivity index (χ3v) is 3.34. The molecule has 0 atom stereocenters. The van der Waals surface area contributed by atoms with Crippen LogP contribution in [0.15, 0.2) is 12.3 Å². The summed E-state index contributed by atoms with van der Waals surface area (Å²) in [6.45, 7) is 6.77. The van der Waals surface area contributed by atoms with Gasteiger partial charge < -0.3 is 20.1 Å². The van der Waals surface area contributed by atoms with Crippen LogP contribution in [0.2, 0.25) is 0 Å². The molecule has 1 aliphatic heterocycles. The Hall–Kier alpha value is -2.25. The van der Waals surface area contributed by atoms with Crippen LogP contribution in [0.1, 0.15) is 33.6 Å². The Morgan fingerprint density at radius 2 is 2.00 bits per heavy atom. The van der Waals surface area contributed by atoms with Gasteiger partial charge in [-0.2, -0.15) is 5.10 Å². The van der Waals surface area contributed by atoms with Crippen LogP contribution < -0.4 is 10.2 Å². The predicted octanol–water partition coefficient (Wildman–Crippen LogP) is 1.90. The second kappa shape index (κ2) is 6.25. The van der Waals surface area contributed by atoms with E-state index >= 15 is 0 Å². The molecule has 0 saturated carbocycles. The molecule has 1 aliphatic rings. The van der Waals surface area contributed by atoms with Crippen molar-refractivity contribution in [3.05, 3.63) is 12.3 Å². The van der Waals surface area contributed by atoms with Gasteiger partial charge in [-0.3, -0.25) is 0 Å². The van der Waals surface area contributed by atoms with Crippen LogP contribution in [0.5, 0.6) is 0 Å². The molecule has 1 aromatic heterocycles. The molecule has 2 heterocycles. The number of nitrogens with one attached hydrogen (secondary N) is 1. The molecule has 0 aromatic carbocycles. The molecule has 0 spiro atoms. The first kappa shape index (κ1) is 16.1. The summed E-state index contributed by atoms with van der Waals surface area (Å²) in [5, 5.41) is 15.7. The molecule has 1 fully saturated rings. The minimum Gasteiger partial charge on any atom is -0.463 e. The second-order valence-corrected chi connectivity index (χ2v) is 6.29. The van der Waals surface area contributed by atoms with Crippen molar-refractivity contribution < 1.29 is 19.4 Å². The Labute approximate surface area is 129 Å². The Bertz CT molecular complexity index is 541. The van der Waals surface area contributed by atoms with Gasteiger partial charge in [0.25, 0.3) is 0 Å². The van der Waals surface area contributed by atoms with Gasteiger partial charge in [-0.1, -0.05) is 0 Å². The van der Waals surface area contributed by atoms with Crippen LogP contribution in [0, 0.1) is 0 Å². The quantitative estimate of drug-likeness (QED) is 0.866. The molecule has 22 heavy (non-hydrogen) atoms. The van der Waals surface area contributed by atoms with Gasteiger partial charge >= 0.3 is 12.2 Å². The zero-order valence-corrected chi connectivity index (χ0v) is 13.1. The van der Waals surface area contributed by atoms with Gasteiger partial charge in [0.2, 0.25) is 0 Å². The van der Waals surface area contributed by atoms with E-state index in [0.29, 0.717) is 18.9 Å². The van der Waals surface area contributed by atoms with Crippen molar-refractivity contribution in [2.24, 2.45) is 0 Å². The fraction of sp³-hybridized carbons (Fsp3) is 0.643. The number of carboxylic acid groups (broad SMARTS) is 1. The molecule has 8 nitrogen and oxygen atoms in total. The molecule has 0 unspecified atom stereocenters. The summed E-state index contributed by atoms with van der Waals surface area (Å²) >= 11 is 0. The molecule has 0 radical (unpaired) electrons. The van der Waals surface area contributed by atoms with Crippen LogP contribution in [-0.4, -0.2) is 51.8 Å². The summed E-state index contributed by atoms with van der Waals surface area (Å²) < 4.78 is 6.19. The van der Waals surface area contributed by atoms with Crippen molar-refractivity contribution in [3.8, 4) is 0 Å². The maximum Gasteiger partial charge on any atom is 0.434 e. The highest BCUT2D eigenvalue weighted by Crippen LogP contribution is 2.20. The number of anilines is 1. The number of aromatic nitrogens is 2. The van der Waals surface area contributed by atoms with Gasteiger partial charge in [0, 0.05) is 25.2 Å². The van der Waals surface area contributed by atoms with Crippen LogP contribution in [0.3, 0.4) is 0 Å². The lowest BCUT2D eigenvalue weighted by Crippen LogP contribution is -2.46. The number of hydrogen-bond acceptors (Lipinski definition) is 5. The number of carbonyl (C=O) groups is 2. The third-order valence-electron chi connectivity index (χ3n) is 3.34. The molecule has 0 bridgehead atoms. The predicted molar refractivity (Wildman–Crippen MR) is 80.3 cm³/mol. The number of ether oxygens (including phenoxy) is 1. The van der Waals surface area contributed by atoms with E-state index in [1.165, 1.54) is 6.20 Å². The van der Waals surface area contributed by atoms with Crippen LogP contribution >= 0.6 is 0 Å². The van der Waals surface area contributed by atoms with E-state index < -0.39 is 17.8 Å². The number of carbonyl (C=O) groups excluding carboxylic acids is 1. The molecule has 0 aliphatic carbocycles. The fourth-order valence-electron chi connectivity index (χ4n) is 2.41. The van der Waals surface area contributed by atoms with Crippen molar-refractivity contribution in [3.63, 3.8) is 0 Å². The first-order valence-electron chi connectivity index (χ1n) is 7.28. The zero-order chi connectivity index (χ0) is 16.3. The van der Waals surface area contributed by atoms with Crippen LogP contribution in [0.25, 0.3) is 0 Å². The number of nitrogens with zero attached hydrogens (tertiary/aromatic N) is 3. The van der Waals surface area contributed by atoms with Crippen LogP contribution in [0.4, 0.5) is 15.4 Å². The van der Waals surface area contributed by atoms with E-state index in [-0.39, 0.29) is 6.04 Å². The number of piperidine rings is 1. The molecular weight excluding hydrogens is 288 g/mol. The van der Waals surface area contributed by atoms with Crippen molar-refractivity contribution >= 4 is 18.0 Å². The van der Waals surface area contributed by atoms with Crippen molar-refractivity contribution in [1.29, 1.82) is 0 Å². The highest BCUT2D eigenvalue weighted by atomic mass is 16.6. The SMILES string of the molecule is CC(C)(C)OC(=O)NC1CCN(c2ccnn2C(=O)O)CC1. The first-order chi connectivity index (χ1) is 10.3. The zero-order valence-electron chi connectivity index (χ0n) is 13.1. The first-order valence-corrected chi connectivity index (χ1v) is 7.28. The van der Waals surface area contributed by atoms with Gasteiger partial charge in [-0.05, 0) is 33.6 Å². The fourth-order valence-corrected chi connectivity index (χ4v) is 2.41. The minimum atomic E-state index is -1.10. The summed E-state index contributed by atoms with van der Waals surface area (Å²) in [4.78, 5) is 24.8. The van der Waals surface area contributed by atoms with Crippen molar-refractivity contribution in [2.75, 3.05) is 18.0 Å². The maximum absolute atomic E-state index is 11.7.